The summed E-state index contributed by atoms with van der Waals surface area (Å²) in [7, 11) is 0. The van der Waals surface area contributed by atoms with Gasteiger partial charge < -0.3 is 14.2 Å². The van der Waals surface area contributed by atoms with Gasteiger partial charge in [-0.15, -0.1) is 0 Å². The molecule has 0 aliphatic rings. The number of esters is 3. The third-order valence-electron chi connectivity index (χ3n) is 15.5. The molecule has 0 rings (SSSR count). The van der Waals surface area contributed by atoms with Gasteiger partial charge in [-0.25, -0.2) is 0 Å². The Morgan fingerprint density at radius 1 is 0.256 bits per heavy atom. The molecule has 0 fully saturated rings. The molecular weight excluding hydrogens is 961 g/mol. The maximum Gasteiger partial charge on any atom is 0.306 e. The number of carbonyl (C=O) groups excluding carboxylic acids is 3. The van der Waals surface area contributed by atoms with Crippen molar-refractivity contribution >= 4 is 17.9 Å². The molecule has 0 heterocycles. The van der Waals surface area contributed by atoms with E-state index in [0.717, 1.165) is 89.9 Å². The molecule has 0 spiro atoms. The Morgan fingerprint density at radius 2 is 0.462 bits per heavy atom. The molecule has 78 heavy (non-hydrogen) atoms. The first-order chi connectivity index (χ1) is 38.5. The van der Waals surface area contributed by atoms with E-state index in [1.165, 1.54) is 244 Å². The lowest BCUT2D eigenvalue weighted by Gasteiger charge is -2.18. The van der Waals surface area contributed by atoms with E-state index < -0.39 is 6.10 Å². The van der Waals surface area contributed by atoms with Crippen molar-refractivity contribution in [2.45, 2.75) is 380 Å². The zero-order chi connectivity index (χ0) is 56.4. The summed E-state index contributed by atoms with van der Waals surface area (Å²) in [6.07, 6.45) is 84.3. The molecule has 6 heteroatoms. The highest BCUT2D eigenvalue weighted by Gasteiger charge is 2.19. The van der Waals surface area contributed by atoms with Crippen molar-refractivity contribution in [1.82, 2.24) is 0 Å². The molecule has 0 aromatic heterocycles. The van der Waals surface area contributed by atoms with Gasteiger partial charge in [0.25, 0.3) is 0 Å². The van der Waals surface area contributed by atoms with Crippen molar-refractivity contribution < 1.29 is 28.6 Å². The van der Waals surface area contributed by atoms with E-state index in [1.54, 1.807) is 0 Å². The van der Waals surface area contributed by atoms with Crippen LogP contribution in [0.15, 0.2) is 48.6 Å². The summed E-state index contributed by atoms with van der Waals surface area (Å²) in [5.41, 5.74) is 0. The topological polar surface area (TPSA) is 78.9 Å². The molecule has 6 nitrogen and oxygen atoms in total. The highest BCUT2D eigenvalue weighted by atomic mass is 16.6. The van der Waals surface area contributed by atoms with Crippen LogP contribution >= 0.6 is 0 Å². The maximum atomic E-state index is 12.9. The lowest BCUT2D eigenvalue weighted by atomic mass is 10.0. The van der Waals surface area contributed by atoms with E-state index in [-0.39, 0.29) is 31.1 Å². The molecule has 0 aromatic rings. The minimum atomic E-state index is -0.783. The van der Waals surface area contributed by atoms with E-state index in [1.807, 2.05) is 0 Å². The summed E-state index contributed by atoms with van der Waals surface area (Å²) >= 11 is 0. The average Bonchev–Trinajstić information content (AvgIpc) is 3.44. The van der Waals surface area contributed by atoms with Crippen LogP contribution in [-0.4, -0.2) is 37.2 Å². The Bertz CT molecular complexity index is 1350. The first kappa shape index (κ1) is 75.4. The van der Waals surface area contributed by atoms with Gasteiger partial charge in [-0.05, 0) is 103 Å². The summed E-state index contributed by atoms with van der Waals surface area (Å²) in [6, 6.07) is 0. The van der Waals surface area contributed by atoms with Crippen LogP contribution < -0.4 is 0 Å². The monoisotopic (exact) mass is 1090 g/mol. The van der Waals surface area contributed by atoms with Crippen LogP contribution in [0.1, 0.15) is 374 Å². The number of hydrogen-bond acceptors (Lipinski definition) is 6. The van der Waals surface area contributed by atoms with Gasteiger partial charge in [0, 0.05) is 19.3 Å². The third kappa shape index (κ3) is 64.2. The molecule has 0 N–H and O–H groups in total. The van der Waals surface area contributed by atoms with Gasteiger partial charge >= 0.3 is 17.9 Å². The summed E-state index contributed by atoms with van der Waals surface area (Å²) in [4.78, 5) is 38.3. The Labute approximate surface area is 486 Å². The lowest BCUT2D eigenvalue weighted by Crippen LogP contribution is -2.30. The van der Waals surface area contributed by atoms with Gasteiger partial charge in [0.15, 0.2) is 6.10 Å². The first-order valence-corrected chi connectivity index (χ1v) is 34.6. The Kier molecular flexibility index (Phi) is 64.6. The number of unbranched alkanes of at least 4 members (excludes halogenated alkanes) is 45. The van der Waals surface area contributed by atoms with Crippen molar-refractivity contribution in [1.29, 1.82) is 0 Å². The van der Waals surface area contributed by atoms with Crippen molar-refractivity contribution in [2.24, 2.45) is 0 Å². The van der Waals surface area contributed by atoms with E-state index >= 15 is 0 Å². The van der Waals surface area contributed by atoms with Crippen LogP contribution in [0.2, 0.25) is 0 Å². The van der Waals surface area contributed by atoms with E-state index in [0.29, 0.717) is 19.3 Å². The number of hydrogen-bond donors (Lipinski definition) is 0. The van der Waals surface area contributed by atoms with Gasteiger partial charge in [0.2, 0.25) is 0 Å². The highest BCUT2D eigenvalue weighted by Crippen LogP contribution is 2.18. The zero-order valence-electron chi connectivity index (χ0n) is 52.5. The third-order valence-corrected chi connectivity index (χ3v) is 15.5. The second kappa shape index (κ2) is 66.9. The number of ether oxygens (including phenoxy) is 3. The molecule has 1 unspecified atom stereocenters. The zero-order valence-corrected chi connectivity index (χ0v) is 52.5. The first-order valence-electron chi connectivity index (χ1n) is 34.6. The minimum Gasteiger partial charge on any atom is -0.462 e. The summed E-state index contributed by atoms with van der Waals surface area (Å²) in [6.45, 7) is 6.64. The quantitative estimate of drug-likeness (QED) is 0.0261. The standard InChI is InChI=1S/C72H132O6/c1-4-7-10-13-16-19-22-25-27-29-30-31-32-33-34-35-36-37-38-39-40-41-42-43-45-47-50-53-56-59-62-65-71(74)77-68-69(67-76-70(73)64-61-58-55-52-49-46-24-21-18-15-12-9-6-3)78-72(75)66-63-60-57-54-51-48-44-28-26-23-20-17-14-11-8-5-2/h20-21,23-24,28-30,44,69H,4-19,22,25-27,31-43,45-68H2,1-3H3/b23-20-,24-21-,30-29-,44-28-. The second-order valence-corrected chi connectivity index (χ2v) is 23.4. The Hall–Kier alpha value is -2.63. The molecule has 0 aromatic carbocycles. The molecular formula is C72H132O6. The van der Waals surface area contributed by atoms with E-state index in [4.69, 9.17) is 14.2 Å². The van der Waals surface area contributed by atoms with Crippen LogP contribution in [-0.2, 0) is 28.6 Å². The van der Waals surface area contributed by atoms with Crippen LogP contribution in [0, 0.1) is 0 Å². The fraction of sp³-hybridized carbons (Fsp3) is 0.847. The van der Waals surface area contributed by atoms with E-state index in [2.05, 4.69) is 69.4 Å². The van der Waals surface area contributed by atoms with Crippen molar-refractivity contribution in [2.75, 3.05) is 13.2 Å². The molecule has 1 atom stereocenters. The van der Waals surface area contributed by atoms with Gasteiger partial charge in [-0.1, -0.05) is 301 Å². The smallest absolute Gasteiger partial charge is 0.306 e. The van der Waals surface area contributed by atoms with Crippen molar-refractivity contribution in [3.8, 4) is 0 Å². The predicted molar refractivity (Wildman–Crippen MR) is 339 cm³/mol. The minimum absolute atomic E-state index is 0.0780. The van der Waals surface area contributed by atoms with Crippen LogP contribution in [0.4, 0.5) is 0 Å². The predicted octanol–water partition coefficient (Wildman–Crippen LogP) is 23.7. The lowest BCUT2D eigenvalue weighted by molar-refractivity contribution is -0.167. The molecule has 0 amide bonds. The number of rotatable bonds is 64. The molecule has 0 aliphatic carbocycles. The highest BCUT2D eigenvalue weighted by molar-refractivity contribution is 5.71. The van der Waals surface area contributed by atoms with E-state index in [9.17, 15) is 14.4 Å². The summed E-state index contributed by atoms with van der Waals surface area (Å²) in [5.74, 6) is -0.880. The molecule has 456 valence electrons. The molecule has 0 aliphatic heterocycles. The number of allylic oxidation sites excluding steroid dienone is 8. The molecule has 0 bridgehead atoms. The molecule has 0 radical (unpaired) electrons. The molecule has 0 saturated carbocycles. The summed E-state index contributed by atoms with van der Waals surface area (Å²) in [5, 5.41) is 0. The van der Waals surface area contributed by atoms with Crippen molar-refractivity contribution in [3.63, 3.8) is 0 Å². The van der Waals surface area contributed by atoms with Gasteiger partial charge in [-0.3, -0.25) is 14.4 Å². The van der Waals surface area contributed by atoms with Crippen LogP contribution in [0.5, 0.6) is 0 Å². The fourth-order valence-corrected chi connectivity index (χ4v) is 10.3. The largest absolute Gasteiger partial charge is 0.462 e. The average molecular weight is 1090 g/mol. The van der Waals surface area contributed by atoms with Crippen LogP contribution in [0.25, 0.3) is 0 Å². The second-order valence-electron chi connectivity index (χ2n) is 23.4. The maximum absolute atomic E-state index is 12.9. The van der Waals surface area contributed by atoms with Gasteiger partial charge in [0.05, 0.1) is 0 Å². The van der Waals surface area contributed by atoms with Crippen molar-refractivity contribution in [3.05, 3.63) is 48.6 Å². The Balaban J connectivity index is 4.15. The van der Waals surface area contributed by atoms with Gasteiger partial charge in [0.1, 0.15) is 13.2 Å². The van der Waals surface area contributed by atoms with Gasteiger partial charge in [-0.2, -0.15) is 0 Å². The normalized spacial score (nSPS) is 12.3. The Morgan fingerprint density at radius 3 is 0.731 bits per heavy atom. The SMILES string of the molecule is CCCCCC/C=C\C/C=C\CCCCCCCC(=O)OC(COC(=O)CCCCCCC/C=C\CCCCCC)COC(=O)CCCCCCCCCCCCCCCCCCCCC/C=C\CCCCCCCCCC. The summed E-state index contributed by atoms with van der Waals surface area (Å²) < 4.78 is 16.9. The fourth-order valence-electron chi connectivity index (χ4n) is 10.3. The molecule has 0 saturated heterocycles. The van der Waals surface area contributed by atoms with Crippen LogP contribution in [0.3, 0.4) is 0 Å². The number of carbonyl (C=O) groups is 3.